The predicted molar refractivity (Wildman–Crippen MR) is 60.9 cm³/mol. The summed E-state index contributed by atoms with van der Waals surface area (Å²) in [6.45, 7) is 2.93. The zero-order valence-electron chi connectivity index (χ0n) is 8.36. The third-order valence-electron chi connectivity index (χ3n) is 2.10. The van der Waals surface area contributed by atoms with E-state index in [-0.39, 0.29) is 5.91 Å². The van der Waals surface area contributed by atoms with Crippen molar-refractivity contribution in [3.8, 4) is 0 Å². The van der Waals surface area contributed by atoms with E-state index in [1.165, 1.54) is 4.90 Å². The first-order valence-electron chi connectivity index (χ1n) is 4.43. The first kappa shape index (κ1) is 11.7. The smallest absolute Gasteiger partial charge is 0.312 e. The van der Waals surface area contributed by atoms with Crippen LogP contribution in [-0.2, 0) is 9.59 Å². The van der Waals surface area contributed by atoms with Gasteiger partial charge in [0.15, 0.2) is 0 Å². The molecule has 0 aromatic carbocycles. The van der Waals surface area contributed by atoms with Crippen molar-refractivity contribution >= 4 is 34.7 Å². The van der Waals surface area contributed by atoms with Crippen LogP contribution in [0.4, 0.5) is 0 Å². The van der Waals surface area contributed by atoms with Crippen molar-refractivity contribution in [2.75, 3.05) is 40.3 Å². The quantitative estimate of drug-likeness (QED) is 0.346. The van der Waals surface area contributed by atoms with E-state index in [2.05, 4.69) is 26.0 Å². The molecule has 0 radical (unpaired) electrons. The summed E-state index contributed by atoms with van der Waals surface area (Å²) in [6.07, 6.45) is 0. The summed E-state index contributed by atoms with van der Waals surface area (Å²) in [6, 6.07) is 0. The molecule has 1 rings (SSSR count). The molecule has 1 fully saturated rings. The lowest BCUT2D eigenvalue weighted by atomic mass is 10.3. The Balaban J connectivity index is 2.50. The number of likely N-dealkylation sites (N-methyl/N-ethyl adjacent to an activating group) is 1. The van der Waals surface area contributed by atoms with Crippen molar-refractivity contribution in [2.24, 2.45) is 0 Å². The molecule has 80 valence electrons. The van der Waals surface area contributed by atoms with E-state index in [0.29, 0.717) is 13.1 Å². The standard InChI is InChI=1S/C8H14IN3O2/c1-10(2)7(13)8(14)11-3-5-12(9)6-4-11/h3-6H2,1-2H3. The first-order valence-corrected chi connectivity index (χ1v) is 5.40. The predicted octanol–water partition coefficient (Wildman–Crippen LogP) is -0.431. The highest BCUT2D eigenvalue weighted by Crippen LogP contribution is 2.06. The van der Waals surface area contributed by atoms with Gasteiger partial charge < -0.3 is 9.80 Å². The molecule has 6 heteroatoms. The van der Waals surface area contributed by atoms with Crippen LogP contribution in [0.15, 0.2) is 0 Å². The number of amides is 2. The van der Waals surface area contributed by atoms with E-state index in [1.807, 2.05) is 0 Å². The molecule has 0 unspecified atom stereocenters. The average Bonchev–Trinajstić information content (AvgIpc) is 2.16. The molecule has 1 heterocycles. The van der Waals surface area contributed by atoms with Crippen molar-refractivity contribution in [3.05, 3.63) is 0 Å². The number of nitrogens with zero attached hydrogens (tertiary/aromatic N) is 3. The lowest BCUT2D eigenvalue weighted by molar-refractivity contribution is -0.150. The summed E-state index contributed by atoms with van der Waals surface area (Å²) in [5.41, 5.74) is 0. The maximum atomic E-state index is 11.6. The zero-order chi connectivity index (χ0) is 10.7. The van der Waals surface area contributed by atoms with Gasteiger partial charge in [0.05, 0.1) is 0 Å². The maximum absolute atomic E-state index is 11.6. The van der Waals surface area contributed by atoms with Crippen LogP contribution in [0.1, 0.15) is 0 Å². The van der Waals surface area contributed by atoms with Gasteiger partial charge in [0.2, 0.25) is 0 Å². The van der Waals surface area contributed by atoms with Crippen LogP contribution in [0.5, 0.6) is 0 Å². The molecule has 0 bridgehead atoms. The molecule has 0 saturated carbocycles. The minimum absolute atomic E-state index is 0.389. The van der Waals surface area contributed by atoms with Gasteiger partial charge >= 0.3 is 11.8 Å². The number of carbonyl (C=O) groups is 2. The Hall–Kier alpha value is -0.370. The molecule has 1 aliphatic heterocycles. The van der Waals surface area contributed by atoms with Gasteiger partial charge in [-0.3, -0.25) is 9.59 Å². The van der Waals surface area contributed by atoms with E-state index in [1.54, 1.807) is 19.0 Å². The van der Waals surface area contributed by atoms with E-state index >= 15 is 0 Å². The summed E-state index contributed by atoms with van der Waals surface area (Å²) in [5.74, 6) is -0.827. The van der Waals surface area contributed by atoms with Gasteiger partial charge in [-0.05, 0) is 0 Å². The SMILES string of the molecule is CN(C)C(=O)C(=O)N1CCN(I)CC1. The molecule has 2 amide bonds. The van der Waals surface area contributed by atoms with Crippen molar-refractivity contribution in [2.45, 2.75) is 0 Å². The van der Waals surface area contributed by atoms with E-state index in [0.717, 1.165) is 13.1 Å². The largest absolute Gasteiger partial charge is 0.341 e. The molecule has 0 aromatic heterocycles. The second-order valence-electron chi connectivity index (χ2n) is 3.40. The van der Waals surface area contributed by atoms with Gasteiger partial charge in [-0.25, -0.2) is 3.11 Å². The molecule has 0 spiro atoms. The number of rotatable bonds is 0. The van der Waals surface area contributed by atoms with E-state index in [9.17, 15) is 9.59 Å². The summed E-state index contributed by atoms with van der Waals surface area (Å²) in [4.78, 5) is 25.8. The van der Waals surface area contributed by atoms with Crippen LogP contribution in [0, 0.1) is 0 Å². The molecule has 14 heavy (non-hydrogen) atoms. The van der Waals surface area contributed by atoms with Gasteiger partial charge in [-0.15, -0.1) is 0 Å². The third-order valence-corrected chi connectivity index (χ3v) is 3.07. The minimum atomic E-state index is -0.438. The summed E-state index contributed by atoms with van der Waals surface area (Å²) < 4.78 is 2.11. The topological polar surface area (TPSA) is 43.9 Å². The Morgan fingerprint density at radius 1 is 1.14 bits per heavy atom. The Bertz CT molecular complexity index is 237. The van der Waals surface area contributed by atoms with E-state index < -0.39 is 5.91 Å². The molecule has 0 N–H and O–H groups in total. The highest BCUT2D eigenvalue weighted by Gasteiger charge is 2.26. The Morgan fingerprint density at radius 3 is 2.07 bits per heavy atom. The van der Waals surface area contributed by atoms with Crippen LogP contribution in [0.3, 0.4) is 0 Å². The molecule has 1 saturated heterocycles. The Morgan fingerprint density at radius 2 is 1.64 bits per heavy atom. The number of halogens is 1. The summed E-state index contributed by atoms with van der Waals surface area (Å²) >= 11 is 2.22. The molecule has 0 aliphatic carbocycles. The molecule has 0 aromatic rings. The zero-order valence-corrected chi connectivity index (χ0v) is 10.5. The Kier molecular flexibility index (Phi) is 4.11. The summed E-state index contributed by atoms with van der Waals surface area (Å²) in [7, 11) is 3.18. The van der Waals surface area contributed by atoms with Gasteiger partial charge in [-0.2, -0.15) is 0 Å². The summed E-state index contributed by atoms with van der Waals surface area (Å²) in [5, 5.41) is 0. The number of piperazine rings is 1. The average molecular weight is 311 g/mol. The van der Waals surface area contributed by atoms with Gasteiger partial charge in [0.1, 0.15) is 0 Å². The van der Waals surface area contributed by atoms with Crippen LogP contribution in [0.2, 0.25) is 0 Å². The van der Waals surface area contributed by atoms with E-state index in [4.69, 9.17) is 0 Å². The molecule has 5 nitrogen and oxygen atoms in total. The molecular formula is C8H14IN3O2. The van der Waals surface area contributed by atoms with Gasteiger partial charge in [0.25, 0.3) is 0 Å². The molecule has 0 atom stereocenters. The second kappa shape index (κ2) is 4.92. The highest BCUT2D eigenvalue weighted by atomic mass is 127. The van der Waals surface area contributed by atoms with Crippen molar-refractivity contribution in [1.29, 1.82) is 0 Å². The normalized spacial score (nSPS) is 18.1. The monoisotopic (exact) mass is 311 g/mol. The van der Waals surface area contributed by atoms with Gasteiger partial charge in [-0.1, -0.05) is 0 Å². The van der Waals surface area contributed by atoms with Crippen LogP contribution in [-0.4, -0.2) is 65.0 Å². The highest BCUT2D eigenvalue weighted by molar-refractivity contribution is 14.1. The van der Waals surface area contributed by atoms with Crippen molar-refractivity contribution in [1.82, 2.24) is 12.9 Å². The fraction of sp³-hybridized carbons (Fsp3) is 0.750. The van der Waals surface area contributed by atoms with Crippen LogP contribution >= 0.6 is 22.9 Å². The lowest BCUT2D eigenvalue weighted by Crippen LogP contribution is -2.50. The minimum Gasteiger partial charge on any atom is -0.341 e. The lowest BCUT2D eigenvalue weighted by Gasteiger charge is -2.31. The van der Waals surface area contributed by atoms with Crippen molar-refractivity contribution < 1.29 is 9.59 Å². The number of hydrogen-bond acceptors (Lipinski definition) is 3. The number of carbonyl (C=O) groups excluding carboxylic acids is 2. The first-order chi connectivity index (χ1) is 6.52. The second-order valence-corrected chi connectivity index (χ2v) is 4.77. The molecular weight excluding hydrogens is 297 g/mol. The van der Waals surface area contributed by atoms with Gasteiger partial charge in [0, 0.05) is 63.1 Å². The molecule has 1 aliphatic rings. The third kappa shape index (κ3) is 2.81. The van der Waals surface area contributed by atoms with Crippen LogP contribution < -0.4 is 0 Å². The van der Waals surface area contributed by atoms with Crippen molar-refractivity contribution in [3.63, 3.8) is 0 Å². The maximum Gasteiger partial charge on any atom is 0.312 e. The fourth-order valence-electron chi connectivity index (χ4n) is 1.21. The Labute approximate surface area is 97.5 Å². The number of hydrogen-bond donors (Lipinski definition) is 0. The fourth-order valence-corrected chi connectivity index (χ4v) is 1.64. The van der Waals surface area contributed by atoms with Crippen LogP contribution in [0.25, 0.3) is 0 Å².